The fourth-order valence-electron chi connectivity index (χ4n) is 2.76. The van der Waals surface area contributed by atoms with Gasteiger partial charge >= 0.3 is 0 Å². The number of fused-ring (bicyclic) bond motifs is 1. The van der Waals surface area contributed by atoms with Crippen LogP contribution in [0.1, 0.15) is 51.0 Å². The lowest BCUT2D eigenvalue weighted by atomic mass is 9.83. The summed E-state index contributed by atoms with van der Waals surface area (Å²) < 4.78 is 10.6. The minimum atomic E-state index is -0.720. The zero-order valence-corrected chi connectivity index (χ0v) is 12.6. The molecule has 1 aromatic carbocycles. The van der Waals surface area contributed by atoms with Crippen molar-refractivity contribution in [3.8, 4) is 17.6 Å². The molecule has 1 aliphatic heterocycles. The van der Waals surface area contributed by atoms with E-state index < -0.39 is 5.92 Å². The van der Waals surface area contributed by atoms with E-state index in [0.717, 1.165) is 25.7 Å². The Kier molecular flexibility index (Phi) is 5.21. The van der Waals surface area contributed by atoms with Gasteiger partial charge in [0.15, 0.2) is 17.3 Å². The van der Waals surface area contributed by atoms with Crippen molar-refractivity contribution < 1.29 is 14.3 Å². The van der Waals surface area contributed by atoms with Crippen LogP contribution in [0.25, 0.3) is 0 Å². The molecule has 0 spiro atoms. The Morgan fingerprint density at radius 2 is 1.90 bits per heavy atom. The van der Waals surface area contributed by atoms with Crippen molar-refractivity contribution in [1.82, 2.24) is 0 Å². The Morgan fingerprint density at radius 3 is 2.52 bits per heavy atom. The van der Waals surface area contributed by atoms with E-state index in [1.165, 1.54) is 0 Å². The van der Waals surface area contributed by atoms with Crippen LogP contribution in [0, 0.1) is 17.2 Å². The molecule has 0 bridgehead atoms. The van der Waals surface area contributed by atoms with Gasteiger partial charge in [-0.1, -0.05) is 32.8 Å². The molecule has 1 aromatic rings. The van der Waals surface area contributed by atoms with Crippen molar-refractivity contribution in [3.63, 3.8) is 0 Å². The van der Waals surface area contributed by atoms with E-state index >= 15 is 0 Å². The maximum atomic E-state index is 12.7. The zero-order valence-electron chi connectivity index (χ0n) is 12.6. The van der Waals surface area contributed by atoms with Gasteiger partial charge < -0.3 is 9.47 Å². The summed E-state index contributed by atoms with van der Waals surface area (Å²) in [5.74, 6) is 0.558. The molecule has 0 saturated carbocycles. The highest BCUT2D eigenvalue weighted by atomic mass is 16.7. The van der Waals surface area contributed by atoms with Gasteiger partial charge in [-0.3, -0.25) is 4.79 Å². The minimum Gasteiger partial charge on any atom is -0.454 e. The molecule has 0 saturated heterocycles. The smallest absolute Gasteiger partial charge is 0.231 e. The van der Waals surface area contributed by atoms with E-state index in [-0.39, 0.29) is 18.5 Å². The maximum absolute atomic E-state index is 12.7. The largest absolute Gasteiger partial charge is 0.454 e. The van der Waals surface area contributed by atoms with Crippen molar-refractivity contribution in [3.05, 3.63) is 23.8 Å². The number of hydrogen-bond acceptors (Lipinski definition) is 4. The normalized spacial score (nSPS) is 14.0. The molecule has 2 rings (SSSR count). The molecule has 0 fully saturated rings. The van der Waals surface area contributed by atoms with E-state index in [9.17, 15) is 10.1 Å². The fraction of sp³-hybridized carbons (Fsp3) is 0.529. The quantitative estimate of drug-likeness (QED) is 0.765. The lowest BCUT2D eigenvalue weighted by Crippen LogP contribution is -2.21. The molecule has 21 heavy (non-hydrogen) atoms. The van der Waals surface area contributed by atoms with Crippen molar-refractivity contribution in [2.45, 2.75) is 45.4 Å². The van der Waals surface area contributed by atoms with E-state index in [1.807, 2.05) is 0 Å². The van der Waals surface area contributed by atoms with Gasteiger partial charge in [-0.05, 0) is 30.5 Å². The summed E-state index contributed by atoms with van der Waals surface area (Å²) in [7, 11) is 0. The van der Waals surface area contributed by atoms with Crippen LogP contribution < -0.4 is 9.47 Å². The molecule has 0 amide bonds. The summed E-state index contributed by atoms with van der Waals surface area (Å²) >= 11 is 0. The number of Topliss-reactive ketones (excluding diaryl/α,β-unsaturated/α-hetero) is 1. The van der Waals surface area contributed by atoms with E-state index in [0.29, 0.717) is 17.1 Å². The third-order valence-electron chi connectivity index (χ3n) is 3.82. The first kappa shape index (κ1) is 15.4. The van der Waals surface area contributed by atoms with Crippen LogP contribution >= 0.6 is 0 Å². The highest BCUT2D eigenvalue weighted by Gasteiger charge is 2.28. The molecule has 112 valence electrons. The maximum Gasteiger partial charge on any atom is 0.231 e. The Balaban J connectivity index is 2.22. The summed E-state index contributed by atoms with van der Waals surface area (Å²) in [6.45, 7) is 4.33. The SMILES string of the molecule is CCCC(CCC)C(=O)C(C#N)c1ccc2c(c1)OCO2. The van der Waals surface area contributed by atoms with E-state index in [2.05, 4.69) is 19.9 Å². The zero-order chi connectivity index (χ0) is 15.2. The molecular formula is C17H21NO3. The average Bonchev–Trinajstić information content (AvgIpc) is 2.95. The summed E-state index contributed by atoms with van der Waals surface area (Å²) in [6, 6.07) is 7.47. The minimum absolute atomic E-state index is 0.0278. The number of hydrogen-bond donors (Lipinski definition) is 0. The Labute approximate surface area is 125 Å². The van der Waals surface area contributed by atoms with Crippen molar-refractivity contribution in [2.24, 2.45) is 5.92 Å². The van der Waals surface area contributed by atoms with Crippen LogP contribution in [0.15, 0.2) is 18.2 Å². The molecule has 0 N–H and O–H groups in total. The average molecular weight is 287 g/mol. The second kappa shape index (κ2) is 7.12. The topological polar surface area (TPSA) is 59.3 Å². The van der Waals surface area contributed by atoms with Crippen LogP contribution in [0.3, 0.4) is 0 Å². The molecule has 0 aromatic heterocycles. The van der Waals surface area contributed by atoms with Crippen molar-refractivity contribution >= 4 is 5.78 Å². The highest BCUT2D eigenvalue weighted by Crippen LogP contribution is 2.35. The number of nitriles is 1. The molecule has 4 heteroatoms. The van der Waals surface area contributed by atoms with Gasteiger partial charge in [0.05, 0.1) is 6.07 Å². The summed E-state index contributed by atoms with van der Waals surface area (Å²) in [5, 5.41) is 9.44. The second-order valence-corrected chi connectivity index (χ2v) is 5.35. The third kappa shape index (κ3) is 3.36. The first-order chi connectivity index (χ1) is 10.2. The summed E-state index contributed by atoms with van der Waals surface area (Å²) in [4.78, 5) is 12.7. The van der Waals surface area contributed by atoms with Gasteiger partial charge in [-0.25, -0.2) is 0 Å². The van der Waals surface area contributed by atoms with Gasteiger partial charge in [0.1, 0.15) is 5.92 Å². The molecule has 1 atom stereocenters. The third-order valence-corrected chi connectivity index (χ3v) is 3.82. The first-order valence-corrected chi connectivity index (χ1v) is 7.54. The predicted octanol–water partition coefficient (Wildman–Crippen LogP) is 3.81. The Morgan fingerprint density at radius 1 is 1.24 bits per heavy atom. The van der Waals surface area contributed by atoms with E-state index in [4.69, 9.17) is 9.47 Å². The number of carbonyl (C=O) groups is 1. The number of benzene rings is 1. The molecule has 0 radical (unpaired) electrons. The monoisotopic (exact) mass is 287 g/mol. The van der Waals surface area contributed by atoms with Crippen LogP contribution in [0.5, 0.6) is 11.5 Å². The molecule has 1 unspecified atom stereocenters. The van der Waals surface area contributed by atoms with Crippen LogP contribution in [-0.2, 0) is 4.79 Å². The fourth-order valence-corrected chi connectivity index (χ4v) is 2.76. The highest BCUT2D eigenvalue weighted by molar-refractivity contribution is 5.90. The number of nitrogens with zero attached hydrogens (tertiary/aromatic N) is 1. The first-order valence-electron chi connectivity index (χ1n) is 7.54. The Hall–Kier alpha value is -2.02. The van der Waals surface area contributed by atoms with Gasteiger partial charge in [0.2, 0.25) is 6.79 Å². The van der Waals surface area contributed by atoms with E-state index in [1.54, 1.807) is 18.2 Å². The molecule has 0 aliphatic carbocycles. The van der Waals surface area contributed by atoms with Gasteiger partial charge in [-0.2, -0.15) is 5.26 Å². The molecule has 1 aliphatic rings. The van der Waals surface area contributed by atoms with Crippen molar-refractivity contribution in [2.75, 3.05) is 6.79 Å². The molecular weight excluding hydrogens is 266 g/mol. The standard InChI is InChI=1S/C17H21NO3/c1-3-5-12(6-4-2)17(19)14(10-18)13-7-8-15-16(9-13)21-11-20-15/h7-9,12,14H,3-6,11H2,1-2H3. The van der Waals surface area contributed by atoms with Gasteiger partial charge in [0, 0.05) is 5.92 Å². The van der Waals surface area contributed by atoms with Crippen molar-refractivity contribution in [1.29, 1.82) is 5.26 Å². The number of ether oxygens (including phenoxy) is 2. The lowest BCUT2D eigenvalue weighted by Gasteiger charge is -2.18. The molecule has 1 heterocycles. The van der Waals surface area contributed by atoms with Gasteiger partial charge in [0.25, 0.3) is 0 Å². The van der Waals surface area contributed by atoms with Crippen LogP contribution in [-0.4, -0.2) is 12.6 Å². The number of carbonyl (C=O) groups excluding carboxylic acids is 1. The predicted molar refractivity (Wildman–Crippen MR) is 79.2 cm³/mol. The van der Waals surface area contributed by atoms with Crippen LogP contribution in [0.2, 0.25) is 0 Å². The summed E-state index contributed by atoms with van der Waals surface area (Å²) in [6.07, 6.45) is 3.59. The number of ketones is 1. The second-order valence-electron chi connectivity index (χ2n) is 5.35. The molecule has 4 nitrogen and oxygen atoms in total. The summed E-state index contributed by atoms with van der Waals surface area (Å²) in [5.41, 5.74) is 0.698. The number of rotatable bonds is 7. The Bertz CT molecular complexity index is 541. The van der Waals surface area contributed by atoms with Crippen LogP contribution in [0.4, 0.5) is 0 Å². The lowest BCUT2D eigenvalue weighted by molar-refractivity contribution is -0.123. The van der Waals surface area contributed by atoms with Gasteiger partial charge in [-0.15, -0.1) is 0 Å².